The van der Waals surface area contributed by atoms with E-state index >= 15 is 0 Å². The summed E-state index contributed by atoms with van der Waals surface area (Å²) >= 11 is 0. The highest BCUT2D eigenvalue weighted by Gasteiger charge is 2.28. The number of anilines is 1. The molecule has 0 amide bonds. The molecule has 3 aromatic heterocycles. The lowest BCUT2D eigenvalue weighted by Crippen LogP contribution is -2.17. The number of hydrogen-bond acceptors (Lipinski definition) is 7. The van der Waals surface area contributed by atoms with Gasteiger partial charge in [-0.3, -0.25) is 4.79 Å². The molecule has 6 aromatic rings. The summed E-state index contributed by atoms with van der Waals surface area (Å²) in [5.74, 6) is -1.67. The average Bonchev–Trinajstić information content (AvgIpc) is 3.34. The highest BCUT2D eigenvalue weighted by atomic mass is 19.1. The van der Waals surface area contributed by atoms with Crippen LogP contribution in [0.2, 0.25) is 0 Å². The Hall–Kier alpha value is -5.19. The van der Waals surface area contributed by atoms with Gasteiger partial charge in [-0.1, -0.05) is 18.2 Å². The maximum absolute atomic E-state index is 15.0. The topological polar surface area (TPSA) is 109 Å². The quantitative estimate of drug-likeness (QED) is 0.238. The van der Waals surface area contributed by atoms with E-state index in [4.69, 9.17) is 20.0 Å². The minimum atomic E-state index is -0.845. The summed E-state index contributed by atoms with van der Waals surface area (Å²) < 4.78 is 57.3. The maximum Gasteiger partial charge on any atom is 0.203 e. The van der Waals surface area contributed by atoms with Crippen LogP contribution in [0, 0.1) is 17.5 Å². The third-order valence-electron chi connectivity index (χ3n) is 6.84. The summed E-state index contributed by atoms with van der Waals surface area (Å²) in [4.78, 5) is 22.2. The van der Waals surface area contributed by atoms with E-state index in [2.05, 4.69) is 9.97 Å². The van der Waals surface area contributed by atoms with Gasteiger partial charge >= 0.3 is 0 Å². The van der Waals surface area contributed by atoms with E-state index in [0.29, 0.717) is 10.9 Å². The molecule has 11 heteroatoms. The largest absolute Gasteiger partial charge is 0.488 e. The molecule has 0 fully saturated rings. The number of ether oxygens (including phenoxy) is 1. The lowest BCUT2D eigenvalue weighted by Gasteiger charge is -2.17. The molecule has 3 heterocycles. The van der Waals surface area contributed by atoms with Crippen molar-refractivity contribution in [1.82, 2.24) is 19.7 Å². The molecule has 212 valence electrons. The molecule has 8 nitrogen and oxygen atoms in total. The molecular formula is C31H24F3N5O3. The number of hydrogen-bond donors (Lipinski definition) is 1. The smallest absolute Gasteiger partial charge is 0.203 e. The summed E-state index contributed by atoms with van der Waals surface area (Å²) in [6.07, 6.45) is 1.03. The van der Waals surface area contributed by atoms with Crippen molar-refractivity contribution in [1.29, 1.82) is 0 Å². The molecule has 0 aliphatic rings. The second-order valence-corrected chi connectivity index (χ2v) is 10.0. The molecule has 0 saturated carbocycles. The molecule has 1 unspecified atom stereocenters. The Morgan fingerprint density at radius 2 is 1.69 bits per heavy atom. The Balaban J connectivity index is 1.60. The molecule has 3 aromatic carbocycles. The molecule has 42 heavy (non-hydrogen) atoms. The van der Waals surface area contributed by atoms with Gasteiger partial charge in [0.05, 0.1) is 17.1 Å². The number of fused-ring (bicyclic) bond motifs is 2. The third-order valence-corrected chi connectivity index (χ3v) is 6.84. The van der Waals surface area contributed by atoms with E-state index < -0.39 is 28.9 Å². The van der Waals surface area contributed by atoms with Gasteiger partial charge in [-0.05, 0) is 68.8 Å². The first-order valence-corrected chi connectivity index (χ1v) is 13.1. The zero-order valence-electron chi connectivity index (χ0n) is 22.7. The normalized spacial score (nSPS) is 12.4. The van der Waals surface area contributed by atoms with E-state index in [9.17, 15) is 18.0 Å². The van der Waals surface area contributed by atoms with Crippen LogP contribution >= 0.6 is 0 Å². The van der Waals surface area contributed by atoms with Crippen LogP contribution < -0.4 is 15.9 Å². The predicted molar refractivity (Wildman–Crippen MR) is 153 cm³/mol. The van der Waals surface area contributed by atoms with Gasteiger partial charge in [0.15, 0.2) is 17.2 Å². The standard InChI is InChI=1S/C31H24F3N5O3/c1-15(2)41-22-11-10-18(13-21(22)34)27-26-30(35)36-14-37-31(26)39(38-27)16(3)29-24(17-6-4-7-19(32)12-17)28(40)25-20(33)8-5-9-23(25)42-29/h4-16H,1-3H3,(H2,35,36,37). The average molecular weight is 572 g/mol. The van der Waals surface area contributed by atoms with Crippen LogP contribution in [-0.4, -0.2) is 25.9 Å². The minimum absolute atomic E-state index is 0.00985. The first-order valence-electron chi connectivity index (χ1n) is 13.1. The fourth-order valence-corrected chi connectivity index (χ4v) is 5.00. The molecule has 0 bridgehead atoms. The van der Waals surface area contributed by atoms with E-state index in [1.165, 1.54) is 59.5 Å². The van der Waals surface area contributed by atoms with Crippen molar-refractivity contribution >= 4 is 27.8 Å². The van der Waals surface area contributed by atoms with Crippen LogP contribution in [0.5, 0.6) is 5.75 Å². The number of rotatable bonds is 6. The Morgan fingerprint density at radius 1 is 0.905 bits per heavy atom. The monoisotopic (exact) mass is 571 g/mol. The van der Waals surface area contributed by atoms with Crippen LogP contribution in [0.15, 0.2) is 76.2 Å². The van der Waals surface area contributed by atoms with Crippen LogP contribution in [0.3, 0.4) is 0 Å². The number of halogens is 3. The molecule has 0 aliphatic carbocycles. The van der Waals surface area contributed by atoms with Gasteiger partial charge in [0, 0.05) is 5.56 Å². The van der Waals surface area contributed by atoms with Gasteiger partial charge < -0.3 is 14.9 Å². The SMILES string of the molecule is CC(C)Oc1ccc(-c2nn(C(C)c3oc4cccc(F)c4c(=O)c3-c3cccc(F)c3)c3ncnc(N)c23)cc1F. The molecule has 1 atom stereocenters. The number of aromatic nitrogens is 4. The number of nitrogens with two attached hydrogens (primary N) is 1. The zero-order chi connectivity index (χ0) is 29.7. The predicted octanol–water partition coefficient (Wildman–Crippen LogP) is 6.66. The summed E-state index contributed by atoms with van der Waals surface area (Å²) in [5.41, 5.74) is 6.70. The highest BCUT2D eigenvalue weighted by Crippen LogP contribution is 2.37. The van der Waals surface area contributed by atoms with Crippen LogP contribution in [0.25, 0.3) is 44.4 Å². The van der Waals surface area contributed by atoms with Crippen molar-refractivity contribution in [2.24, 2.45) is 0 Å². The molecule has 2 N–H and O–H groups in total. The molecule has 0 aliphatic heterocycles. The Kier molecular flexibility index (Phi) is 6.64. The molecule has 0 spiro atoms. The van der Waals surface area contributed by atoms with Crippen molar-refractivity contribution in [2.75, 3.05) is 5.73 Å². The number of nitrogen functional groups attached to an aromatic ring is 1. The maximum atomic E-state index is 15.0. The zero-order valence-corrected chi connectivity index (χ0v) is 22.7. The van der Waals surface area contributed by atoms with Crippen molar-refractivity contribution in [3.8, 4) is 28.1 Å². The van der Waals surface area contributed by atoms with Crippen LogP contribution in [0.1, 0.15) is 32.6 Å². The molecule has 0 saturated heterocycles. The fourth-order valence-electron chi connectivity index (χ4n) is 5.00. The minimum Gasteiger partial charge on any atom is -0.488 e. The fraction of sp³-hybridized carbons (Fsp3) is 0.161. The summed E-state index contributed by atoms with van der Waals surface area (Å²) in [5, 5.41) is 4.81. The van der Waals surface area contributed by atoms with Crippen LogP contribution in [0.4, 0.5) is 19.0 Å². The van der Waals surface area contributed by atoms with Gasteiger partial charge in [-0.2, -0.15) is 5.10 Å². The van der Waals surface area contributed by atoms with E-state index in [-0.39, 0.29) is 56.9 Å². The molecule has 0 radical (unpaired) electrons. The lowest BCUT2D eigenvalue weighted by molar-refractivity contribution is 0.231. The summed E-state index contributed by atoms with van der Waals surface area (Å²) in [6, 6.07) is 13.0. The Morgan fingerprint density at radius 3 is 2.43 bits per heavy atom. The van der Waals surface area contributed by atoms with Crippen molar-refractivity contribution < 1.29 is 22.3 Å². The first kappa shape index (κ1) is 27.0. The molecular weight excluding hydrogens is 547 g/mol. The molecule has 6 rings (SSSR count). The first-order chi connectivity index (χ1) is 20.1. The Bertz CT molecular complexity index is 2050. The van der Waals surface area contributed by atoms with Crippen molar-refractivity contribution in [2.45, 2.75) is 32.9 Å². The second-order valence-electron chi connectivity index (χ2n) is 10.0. The van der Waals surface area contributed by atoms with E-state index in [0.717, 1.165) is 6.07 Å². The second kappa shape index (κ2) is 10.3. The number of benzene rings is 3. The van der Waals surface area contributed by atoms with Crippen molar-refractivity contribution in [3.63, 3.8) is 0 Å². The summed E-state index contributed by atoms with van der Waals surface area (Å²) in [6.45, 7) is 5.28. The van der Waals surface area contributed by atoms with E-state index in [1.807, 2.05) is 0 Å². The Labute approximate surface area is 237 Å². The van der Waals surface area contributed by atoms with E-state index in [1.54, 1.807) is 26.8 Å². The van der Waals surface area contributed by atoms with Gasteiger partial charge in [0.2, 0.25) is 5.43 Å². The van der Waals surface area contributed by atoms with Gasteiger partial charge in [0.25, 0.3) is 0 Å². The van der Waals surface area contributed by atoms with Gasteiger partial charge in [-0.25, -0.2) is 27.8 Å². The highest BCUT2D eigenvalue weighted by molar-refractivity contribution is 5.98. The van der Waals surface area contributed by atoms with Gasteiger partial charge in [0.1, 0.15) is 52.2 Å². The van der Waals surface area contributed by atoms with Crippen molar-refractivity contribution in [3.05, 3.63) is 100 Å². The summed E-state index contributed by atoms with van der Waals surface area (Å²) in [7, 11) is 0. The lowest BCUT2D eigenvalue weighted by atomic mass is 9.99. The third kappa shape index (κ3) is 4.52. The van der Waals surface area contributed by atoms with Gasteiger partial charge in [-0.15, -0.1) is 0 Å². The van der Waals surface area contributed by atoms with Crippen LogP contribution in [-0.2, 0) is 0 Å². The number of nitrogens with zero attached hydrogens (tertiary/aromatic N) is 4.